The summed E-state index contributed by atoms with van der Waals surface area (Å²) in [5, 5.41) is 2.42. The van der Waals surface area contributed by atoms with Crippen molar-refractivity contribution in [3.05, 3.63) is 40.9 Å². The van der Waals surface area contributed by atoms with Gasteiger partial charge < -0.3 is 9.47 Å². The molecule has 2 aromatic rings. The van der Waals surface area contributed by atoms with Gasteiger partial charge in [0.25, 0.3) is 0 Å². The van der Waals surface area contributed by atoms with Crippen LogP contribution in [0.1, 0.15) is 13.3 Å². The highest BCUT2D eigenvalue weighted by molar-refractivity contribution is 9.10. The molecule has 0 aliphatic heterocycles. The molecule has 1 fully saturated rings. The van der Waals surface area contributed by atoms with Crippen LogP contribution in [-0.4, -0.2) is 24.2 Å². The van der Waals surface area contributed by atoms with Crippen molar-refractivity contribution in [2.45, 2.75) is 30.9 Å². The highest BCUT2D eigenvalue weighted by Crippen LogP contribution is 2.34. The molecule has 3 atom stereocenters. The molecule has 0 spiro atoms. The van der Waals surface area contributed by atoms with Crippen LogP contribution < -0.4 is 4.74 Å². The van der Waals surface area contributed by atoms with Crippen LogP contribution in [0.5, 0.6) is 5.75 Å². The first kappa shape index (κ1) is 14.2. The maximum absolute atomic E-state index is 6.16. The van der Waals surface area contributed by atoms with Gasteiger partial charge in [-0.1, -0.05) is 28.1 Å². The molecule has 0 N–H and O–H groups in total. The van der Waals surface area contributed by atoms with E-state index < -0.39 is 0 Å². The number of rotatable bonds is 4. The van der Waals surface area contributed by atoms with Crippen molar-refractivity contribution in [3.8, 4) is 5.75 Å². The third kappa shape index (κ3) is 2.80. The number of alkyl halides is 1. The molecular weight excluding hydrogens is 340 g/mol. The molecule has 3 unspecified atom stereocenters. The van der Waals surface area contributed by atoms with Gasteiger partial charge in [0, 0.05) is 17.5 Å². The minimum atomic E-state index is 0.00211. The average Bonchev–Trinajstić information content (AvgIpc) is 2.44. The second-order valence-corrected chi connectivity index (χ2v) is 6.46. The van der Waals surface area contributed by atoms with Gasteiger partial charge in [-0.2, -0.15) is 0 Å². The summed E-state index contributed by atoms with van der Waals surface area (Å²) in [6.45, 7) is 2.65. The molecule has 2 nitrogen and oxygen atoms in total. The van der Waals surface area contributed by atoms with Crippen molar-refractivity contribution in [2.75, 3.05) is 6.61 Å². The standard InChI is InChI=1S/C16H16BrClO2/c1-2-19-16-14(18)9-15(16)20-13-6-4-10-7-12(17)5-3-11(10)8-13/h3-8,14-16H,2,9H2,1H3. The minimum absolute atomic E-state index is 0.00211. The fourth-order valence-electron chi connectivity index (χ4n) is 2.49. The first-order valence-corrected chi connectivity index (χ1v) is 8.02. The Kier molecular flexibility index (Phi) is 4.20. The van der Waals surface area contributed by atoms with E-state index in [1.165, 1.54) is 10.8 Å². The normalized spacial score (nSPS) is 25.4. The first-order valence-electron chi connectivity index (χ1n) is 6.79. The van der Waals surface area contributed by atoms with Crippen LogP contribution in [0.25, 0.3) is 10.8 Å². The number of ether oxygens (including phenoxy) is 2. The Morgan fingerprint density at radius 2 is 1.95 bits per heavy atom. The molecule has 1 saturated carbocycles. The molecule has 106 valence electrons. The Balaban J connectivity index is 1.76. The lowest BCUT2D eigenvalue weighted by Gasteiger charge is -2.40. The van der Waals surface area contributed by atoms with Crippen LogP contribution >= 0.6 is 27.5 Å². The van der Waals surface area contributed by atoms with Gasteiger partial charge >= 0.3 is 0 Å². The quantitative estimate of drug-likeness (QED) is 0.736. The van der Waals surface area contributed by atoms with E-state index in [-0.39, 0.29) is 17.6 Å². The smallest absolute Gasteiger partial charge is 0.128 e. The third-order valence-corrected chi connectivity index (χ3v) is 4.52. The number of benzene rings is 2. The molecule has 0 radical (unpaired) electrons. The summed E-state index contributed by atoms with van der Waals surface area (Å²) in [5.41, 5.74) is 0. The molecule has 2 aromatic carbocycles. The summed E-state index contributed by atoms with van der Waals surface area (Å²) in [4.78, 5) is 0. The SMILES string of the molecule is CCOC1C(Cl)CC1Oc1ccc2cc(Br)ccc2c1. The van der Waals surface area contributed by atoms with E-state index in [1.807, 2.05) is 19.1 Å². The monoisotopic (exact) mass is 354 g/mol. The molecule has 0 saturated heterocycles. The Morgan fingerprint density at radius 3 is 2.70 bits per heavy atom. The number of halogens is 2. The second-order valence-electron chi connectivity index (χ2n) is 4.98. The van der Waals surface area contributed by atoms with Gasteiger partial charge in [0.15, 0.2) is 0 Å². The van der Waals surface area contributed by atoms with E-state index in [1.54, 1.807) is 0 Å². The van der Waals surface area contributed by atoms with Gasteiger partial charge in [-0.05, 0) is 42.0 Å². The second kappa shape index (κ2) is 5.92. The Hall–Kier alpha value is -0.770. The number of hydrogen-bond donors (Lipinski definition) is 0. The van der Waals surface area contributed by atoms with Crippen molar-refractivity contribution in [3.63, 3.8) is 0 Å². The zero-order valence-corrected chi connectivity index (χ0v) is 13.5. The van der Waals surface area contributed by atoms with Crippen LogP contribution in [0, 0.1) is 0 Å². The maximum Gasteiger partial charge on any atom is 0.128 e. The Bertz CT molecular complexity index is 616. The van der Waals surface area contributed by atoms with Crippen molar-refractivity contribution in [1.29, 1.82) is 0 Å². The average molecular weight is 356 g/mol. The molecule has 1 aliphatic carbocycles. The lowest BCUT2D eigenvalue weighted by molar-refractivity contribution is -0.0759. The predicted molar refractivity (Wildman–Crippen MR) is 85.7 cm³/mol. The highest BCUT2D eigenvalue weighted by atomic mass is 79.9. The van der Waals surface area contributed by atoms with E-state index in [2.05, 4.69) is 40.2 Å². The van der Waals surface area contributed by atoms with Crippen molar-refractivity contribution in [2.24, 2.45) is 0 Å². The number of hydrogen-bond acceptors (Lipinski definition) is 2. The minimum Gasteiger partial charge on any atom is -0.488 e. The highest BCUT2D eigenvalue weighted by Gasteiger charge is 2.42. The maximum atomic E-state index is 6.16. The fraction of sp³-hybridized carbons (Fsp3) is 0.375. The summed E-state index contributed by atoms with van der Waals surface area (Å²) in [7, 11) is 0. The van der Waals surface area contributed by atoms with Gasteiger partial charge in [-0.3, -0.25) is 0 Å². The van der Waals surface area contributed by atoms with E-state index in [9.17, 15) is 0 Å². The van der Waals surface area contributed by atoms with Gasteiger partial charge in [0.2, 0.25) is 0 Å². The lowest BCUT2D eigenvalue weighted by atomic mass is 9.91. The van der Waals surface area contributed by atoms with E-state index in [0.717, 1.165) is 16.6 Å². The lowest BCUT2D eigenvalue weighted by Crippen LogP contribution is -2.52. The van der Waals surface area contributed by atoms with Crippen molar-refractivity contribution >= 4 is 38.3 Å². The molecule has 0 aromatic heterocycles. The van der Waals surface area contributed by atoms with Crippen molar-refractivity contribution in [1.82, 2.24) is 0 Å². The molecule has 0 bridgehead atoms. The van der Waals surface area contributed by atoms with Gasteiger partial charge in [0.05, 0.1) is 5.38 Å². The first-order chi connectivity index (χ1) is 9.67. The zero-order chi connectivity index (χ0) is 14.1. The van der Waals surface area contributed by atoms with E-state index in [0.29, 0.717) is 6.61 Å². The van der Waals surface area contributed by atoms with Gasteiger partial charge in [-0.25, -0.2) is 0 Å². The fourth-order valence-corrected chi connectivity index (χ4v) is 3.28. The summed E-state index contributed by atoms with van der Waals surface area (Å²) < 4.78 is 12.7. The summed E-state index contributed by atoms with van der Waals surface area (Å²) >= 11 is 9.64. The molecule has 1 aliphatic rings. The van der Waals surface area contributed by atoms with Crippen LogP contribution in [0.3, 0.4) is 0 Å². The number of fused-ring (bicyclic) bond motifs is 1. The predicted octanol–water partition coefficient (Wildman–Crippen LogP) is 4.77. The molecule has 0 heterocycles. The summed E-state index contributed by atoms with van der Waals surface area (Å²) in [6.07, 6.45) is 0.901. The molecule has 4 heteroatoms. The Labute approximate surface area is 132 Å². The largest absolute Gasteiger partial charge is 0.488 e. The third-order valence-electron chi connectivity index (χ3n) is 3.60. The zero-order valence-electron chi connectivity index (χ0n) is 11.2. The van der Waals surface area contributed by atoms with Crippen LogP contribution in [0.4, 0.5) is 0 Å². The van der Waals surface area contributed by atoms with Crippen LogP contribution in [-0.2, 0) is 4.74 Å². The Morgan fingerprint density at radius 1 is 1.20 bits per heavy atom. The van der Waals surface area contributed by atoms with Crippen LogP contribution in [0.2, 0.25) is 0 Å². The molecule has 3 rings (SSSR count). The molecule has 20 heavy (non-hydrogen) atoms. The van der Waals surface area contributed by atoms with Gasteiger partial charge in [0.1, 0.15) is 18.0 Å². The topological polar surface area (TPSA) is 18.5 Å². The van der Waals surface area contributed by atoms with Crippen molar-refractivity contribution < 1.29 is 9.47 Å². The molecule has 0 amide bonds. The molecular formula is C16H16BrClO2. The van der Waals surface area contributed by atoms with E-state index in [4.69, 9.17) is 21.1 Å². The summed E-state index contributed by atoms with van der Waals surface area (Å²) in [5.74, 6) is 0.873. The van der Waals surface area contributed by atoms with Crippen LogP contribution in [0.15, 0.2) is 40.9 Å². The van der Waals surface area contributed by atoms with Gasteiger partial charge in [-0.15, -0.1) is 11.6 Å². The summed E-state index contributed by atoms with van der Waals surface area (Å²) in [6, 6.07) is 12.3. The van der Waals surface area contributed by atoms with E-state index >= 15 is 0 Å².